The molecular weight excluding hydrogens is 448 g/mol. The van der Waals surface area contributed by atoms with Crippen molar-refractivity contribution in [3.8, 4) is 11.3 Å². The van der Waals surface area contributed by atoms with Crippen LogP contribution in [0, 0.1) is 0 Å². The van der Waals surface area contributed by atoms with E-state index in [-0.39, 0.29) is 12.8 Å². The van der Waals surface area contributed by atoms with Crippen LogP contribution in [0.15, 0.2) is 42.9 Å². The van der Waals surface area contributed by atoms with Crippen LogP contribution in [-0.2, 0) is 22.6 Å². The molecule has 10 nitrogen and oxygen atoms in total. The van der Waals surface area contributed by atoms with Gasteiger partial charge in [-0.3, -0.25) is 0 Å². The van der Waals surface area contributed by atoms with Gasteiger partial charge in [0.1, 0.15) is 17.5 Å². The van der Waals surface area contributed by atoms with Crippen molar-refractivity contribution in [2.45, 2.75) is 65.0 Å². The first-order chi connectivity index (χ1) is 16.8. The molecule has 0 bridgehead atoms. The largest absolute Gasteiger partial charge is 0.443 e. The fourth-order valence-electron chi connectivity index (χ4n) is 4.30. The molecule has 1 unspecified atom stereocenters. The van der Waals surface area contributed by atoms with E-state index in [2.05, 4.69) is 15.4 Å². The maximum Gasteiger partial charge on any atom is 0.419 e. The predicted molar refractivity (Wildman–Crippen MR) is 129 cm³/mol. The van der Waals surface area contributed by atoms with E-state index in [4.69, 9.17) is 9.47 Å². The highest BCUT2D eigenvalue weighted by Crippen LogP contribution is 2.26. The normalized spacial score (nSPS) is 16.6. The fraction of sp³-hybridized carbons (Fsp3) is 0.440. The number of nitrogens with zero attached hydrogens (tertiary/aromatic N) is 6. The van der Waals surface area contributed by atoms with Gasteiger partial charge in [-0.15, -0.1) is 5.10 Å². The summed E-state index contributed by atoms with van der Waals surface area (Å²) < 4.78 is 16.4. The molecule has 4 heterocycles. The third-order valence-electron chi connectivity index (χ3n) is 5.91. The number of fused-ring (bicyclic) bond motifs is 1. The van der Waals surface area contributed by atoms with Crippen LogP contribution in [-0.4, -0.2) is 52.7 Å². The number of carbonyl (C=O) groups excluding carboxylic acids is 1. The first-order valence-corrected chi connectivity index (χ1v) is 11.8. The minimum Gasteiger partial charge on any atom is -0.443 e. The van der Waals surface area contributed by atoms with E-state index in [1.807, 2.05) is 56.0 Å². The molecule has 0 aliphatic carbocycles. The van der Waals surface area contributed by atoms with Crippen LogP contribution >= 0.6 is 0 Å². The Bertz CT molecular complexity index is 1340. The van der Waals surface area contributed by atoms with Crippen molar-refractivity contribution >= 4 is 17.0 Å². The smallest absolute Gasteiger partial charge is 0.419 e. The first kappa shape index (κ1) is 23.3. The lowest BCUT2D eigenvalue weighted by Gasteiger charge is -2.22. The average molecular weight is 479 g/mol. The lowest BCUT2D eigenvalue weighted by atomic mass is 10.1. The topological polar surface area (TPSA) is 109 Å². The molecule has 0 spiro atoms. The molecule has 0 amide bonds. The van der Waals surface area contributed by atoms with Gasteiger partial charge in [-0.2, -0.15) is 5.10 Å². The Morgan fingerprint density at radius 3 is 2.83 bits per heavy atom. The Kier molecular flexibility index (Phi) is 6.16. The van der Waals surface area contributed by atoms with Crippen molar-refractivity contribution in [1.82, 2.24) is 29.3 Å². The minimum absolute atomic E-state index is 0.0238. The molecule has 0 saturated carbocycles. The van der Waals surface area contributed by atoms with Crippen molar-refractivity contribution in [3.05, 3.63) is 54.1 Å². The molecule has 5 rings (SSSR count). The number of aliphatic hydroxyl groups excluding tert-OH is 1. The predicted octanol–water partition coefficient (Wildman–Crippen LogP) is 4.12. The zero-order valence-corrected chi connectivity index (χ0v) is 20.2. The summed E-state index contributed by atoms with van der Waals surface area (Å²) in [6, 6.07) is 7.61. The summed E-state index contributed by atoms with van der Waals surface area (Å²) in [5, 5.41) is 23.7. The van der Waals surface area contributed by atoms with E-state index in [1.165, 1.54) is 4.57 Å². The first-order valence-electron chi connectivity index (χ1n) is 11.8. The van der Waals surface area contributed by atoms with Crippen molar-refractivity contribution in [3.63, 3.8) is 0 Å². The van der Waals surface area contributed by atoms with Gasteiger partial charge in [0, 0.05) is 23.8 Å². The summed E-state index contributed by atoms with van der Waals surface area (Å²) in [7, 11) is 0. The minimum atomic E-state index is -0.647. The molecule has 1 fully saturated rings. The van der Waals surface area contributed by atoms with Crippen LogP contribution in [0.3, 0.4) is 0 Å². The van der Waals surface area contributed by atoms with Gasteiger partial charge in [-0.25, -0.2) is 18.7 Å². The lowest BCUT2D eigenvalue weighted by Crippen LogP contribution is -2.28. The van der Waals surface area contributed by atoms with Crippen LogP contribution in [0.1, 0.15) is 57.5 Å². The SMILES string of the molecule is CC(C)(C)OC(=O)n1c(CO)cc2ccc(Cn3cc(-c4cnn(C5CCCCO5)c4)nn3)cc21. The molecule has 1 aliphatic rings. The molecule has 1 atom stereocenters. The Morgan fingerprint density at radius 2 is 2.09 bits per heavy atom. The Balaban J connectivity index is 1.37. The van der Waals surface area contributed by atoms with E-state index in [0.29, 0.717) is 17.8 Å². The summed E-state index contributed by atoms with van der Waals surface area (Å²) in [5.74, 6) is 0. The number of benzene rings is 1. The molecule has 1 saturated heterocycles. The summed E-state index contributed by atoms with van der Waals surface area (Å²) >= 11 is 0. The van der Waals surface area contributed by atoms with Crippen molar-refractivity contribution in [1.29, 1.82) is 0 Å². The number of hydrogen-bond acceptors (Lipinski definition) is 7. The number of rotatable bonds is 5. The lowest BCUT2D eigenvalue weighted by molar-refractivity contribution is -0.0394. The standard InChI is InChI=1S/C25H30N6O4/c1-25(2,3)35-24(33)31-20(16-32)11-18-8-7-17(10-22(18)31)13-29-15-21(27-28-29)19-12-26-30(14-19)23-6-4-5-9-34-23/h7-8,10-12,14-15,23,32H,4-6,9,13,16H2,1-3H3. The highest BCUT2D eigenvalue weighted by atomic mass is 16.6. The summed E-state index contributed by atoms with van der Waals surface area (Å²) in [4.78, 5) is 12.8. The van der Waals surface area contributed by atoms with E-state index in [1.54, 1.807) is 16.9 Å². The van der Waals surface area contributed by atoms with Crippen molar-refractivity contribution in [2.24, 2.45) is 0 Å². The Labute approximate surface area is 203 Å². The van der Waals surface area contributed by atoms with Gasteiger partial charge >= 0.3 is 6.09 Å². The van der Waals surface area contributed by atoms with Crippen molar-refractivity contribution < 1.29 is 19.4 Å². The van der Waals surface area contributed by atoms with E-state index in [0.717, 1.165) is 48.1 Å². The highest BCUT2D eigenvalue weighted by Gasteiger charge is 2.22. The van der Waals surface area contributed by atoms with Gasteiger partial charge < -0.3 is 14.6 Å². The van der Waals surface area contributed by atoms with Gasteiger partial charge in [-0.1, -0.05) is 17.3 Å². The summed E-state index contributed by atoms with van der Waals surface area (Å²) in [5.41, 5.74) is 3.06. The average Bonchev–Trinajstić information content (AvgIpc) is 3.56. The van der Waals surface area contributed by atoms with Crippen molar-refractivity contribution in [2.75, 3.05) is 6.61 Å². The fourth-order valence-corrected chi connectivity index (χ4v) is 4.30. The summed E-state index contributed by atoms with van der Waals surface area (Å²) in [6.07, 6.45) is 8.24. The third kappa shape index (κ3) is 4.98. The number of aromatic nitrogens is 6. The summed E-state index contributed by atoms with van der Waals surface area (Å²) in [6.45, 7) is 6.40. The molecule has 1 N–H and O–H groups in total. The second kappa shape index (κ2) is 9.27. The Morgan fingerprint density at radius 1 is 1.23 bits per heavy atom. The highest BCUT2D eigenvalue weighted by molar-refractivity contribution is 5.91. The molecule has 1 aromatic carbocycles. The van der Waals surface area contributed by atoms with Gasteiger partial charge in [0.2, 0.25) is 0 Å². The monoisotopic (exact) mass is 478 g/mol. The van der Waals surface area contributed by atoms with Gasteiger partial charge in [-0.05, 0) is 57.7 Å². The van der Waals surface area contributed by atoms with Gasteiger partial charge in [0.05, 0.1) is 36.8 Å². The molecule has 1 aliphatic heterocycles. The van der Waals surface area contributed by atoms with Gasteiger partial charge in [0.25, 0.3) is 0 Å². The molecule has 35 heavy (non-hydrogen) atoms. The van der Waals surface area contributed by atoms with Gasteiger partial charge in [0.15, 0.2) is 0 Å². The maximum atomic E-state index is 12.8. The number of hydrogen-bond donors (Lipinski definition) is 1. The van der Waals surface area contributed by atoms with Crippen LogP contribution in [0.5, 0.6) is 0 Å². The second-order valence-corrected chi connectivity index (χ2v) is 9.83. The number of carbonyl (C=O) groups is 1. The van der Waals surface area contributed by atoms with Crippen LogP contribution < -0.4 is 0 Å². The molecule has 184 valence electrons. The second-order valence-electron chi connectivity index (χ2n) is 9.83. The molecule has 0 radical (unpaired) electrons. The molecule has 10 heteroatoms. The van der Waals surface area contributed by atoms with Crippen LogP contribution in [0.2, 0.25) is 0 Å². The zero-order valence-electron chi connectivity index (χ0n) is 20.2. The molecule has 4 aromatic rings. The molecule has 3 aromatic heterocycles. The van der Waals surface area contributed by atoms with E-state index >= 15 is 0 Å². The van der Waals surface area contributed by atoms with E-state index in [9.17, 15) is 9.90 Å². The Hall–Kier alpha value is -3.50. The third-order valence-corrected chi connectivity index (χ3v) is 5.91. The van der Waals surface area contributed by atoms with Crippen LogP contribution in [0.25, 0.3) is 22.2 Å². The number of aliphatic hydroxyl groups is 1. The quantitative estimate of drug-likeness (QED) is 0.459. The van der Waals surface area contributed by atoms with Crippen LogP contribution in [0.4, 0.5) is 4.79 Å². The maximum absolute atomic E-state index is 12.8. The number of ether oxygens (including phenoxy) is 2. The zero-order chi connectivity index (χ0) is 24.6. The molecular formula is C25H30N6O4. The van der Waals surface area contributed by atoms with E-state index < -0.39 is 11.7 Å².